The maximum atomic E-state index is 14.0. The van der Waals surface area contributed by atoms with Crippen LogP contribution in [-0.4, -0.2) is 66.6 Å². The van der Waals surface area contributed by atoms with Crippen molar-refractivity contribution in [3.8, 4) is 0 Å². The first-order valence-corrected chi connectivity index (χ1v) is 9.34. The Labute approximate surface area is 152 Å². The van der Waals surface area contributed by atoms with Gasteiger partial charge in [-0.1, -0.05) is 6.07 Å². The first kappa shape index (κ1) is 17.4. The first-order valence-electron chi connectivity index (χ1n) is 9.34. The van der Waals surface area contributed by atoms with E-state index in [-0.39, 0.29) is 5.91 Å². The van der Waals surface area contributed by atoms with Gasteiger partial charge in [-0.05, 0) is 37.0 Å². The quantitative estimate of drug-likeness (QED) is 0.847. The molecule has 3 heterocycles. The van der Waals surface area contributed by atoms with Crippen LogP contribution < -0.4 is 0 Å². The van der Waals surface area contributed by atoms with Gasteiger partial charge in [-0.2, -0.15) is 0 Å². The van der Waals surface area contributed by atoms with Gasteiger partial charge in [0.1, 0.15) is 5.82 Å². The van der Waals surface area contributed by atoms with Crippen molar-refractivity contribution in [3.63, 3.8) is 0 Å². The molecule has 1 aromatic heterocycles. The lowest BCUT2D eigenvalue weighted by Crippen LogP contribution is -2.46. The van der Waals surface area contributed by atoms with Crippen LogP contribution in [0.1, 0.15) is 23.2 Å². The third kappa shape index (κ3) is 3.71. The lowest BCUT2D eigenvalue weighted by atomic mass is 9.96. The van der Waals surface area contributed by atoms with E-state index in [2.05, 4.69) is 9.88 Å². The van der Waals surface area contributed by atoms with Crippen molar-refractivity contribution >= 4 is 16.8 Å². The number of rotatable bonds is 3. The molecule has 0 bridgehead atoms. The second-order valence-corrected chi connectivity index (χ2v) is 7.20. The van der Waals surface area contributed by atoms with Gasteiger partial charge in [-0.3, -0.25) is 14.7 Å². The van der Waals surface area contributed by atoms with Crippen molar-refractivity contribution < 1.29 is 13.9 Å². The monoisotopic (exact) mass is 357 g/mol. The Kier molecular flexibility index (Phi) is 5.13. The third-order valence-corrected chi connectivity index (χ3v) is 5.33. The van der Waals surface area contributed by atoms with Gasteiger partial charge >= 0.3 is 0 Å². The van der Waals surface area contributed by atoms with Gasteiger partial charge in [-0.15, -0.1) is 0 Å². The van der Waals surface area contributed by atoms with Gasteiger partial charge in [0.25, 0.3) is 5.91 Å². The molecule has 2 aliphatic rings. The number of likely N-dealkylation sites (tertiary alicyclic amines) is 1. The van der Waals surface area contributed by atoms with E-state index in [4.69, 9.17) is 4.74 Å². The van der Waals surface area contributed by atoms with E-state index < -0.39 is 5.82 Å². The van der Waals surface area contributed by atoms with Crippen LogP contribution >= 0.6 is 0 Å². The standard InChI is InChI=1S/C20H24FN3O2/c21-17-11-16-4-1-5-22-19(16)18(12-17)20(25)24-6-2-3-15(14-24)13-23-7-9-26-10-8-23/h1,4-5,11-12,15H,2-3,6-10,13-14H2. The molecule has 5 nitrogen and oxygen atoms in total. The number of hydrogen-bond donors (Lipinski definition) is 0. The van der Waals surface area contributed by atoms with E-state index >= 15 is 0 Å². The van der Waals surface area contributed by atoms with Gasteiger partial charge in [0.15, 0.2) is 0 Å². The lowest BCUT2D eigenvalue weighted by Gasteiger charge is -2.36. The molecule has 2 aliphatic heterocycles. The summed E-state index contributed by atoms with van der Waals surface area (Å²) in [4.78, 5) is 21.7. The Hall–Kier alpha value is -2.05. The summed E-state index contributed by atoms with van der Waals surface area (Å²) in [6.45, 7) is 5.94. The highest BCUT2D eigenvalue weighted by molar-refractivity contribution is 6.05. The fourth-order valence-corrected chi connectivity index (χ4v) is 4.04. The highest BCUT2D eigenvalue weighted by atomic mass is 19.1. The summed E-state index contributed by atoms with van der Waals surface area (Å²) in [6, 6.07) is 6.30. The molecule has 0 radical (unpaired) electrons. The zero-order chi connectivity index (χ0) is 17.9. The molecule has 0 N–H and O–H groups in total. The number of ether oxygens (including phenoxy) is 1. The summed E-state index contributed by atoms with van der Waals surface area (Å²) in [5, 5.41) is 0.665. The molecular weight excluding hydrogens is 333 g/mol. The van der Waals surface area contributed by atoms with E-state index in [9.17, 15) is 9.18 Å². The number of fused-ring (bicyclic) bond motifs is 1. The summed E-state index contributed by atoms with van der Waals surface area (Å²) < 4.78 is 19.4. The number of piperidine rings is 1. The molecule has 1 amide bonds. The van der Waals surface area contributed by atoms with Crippen LogP contribution in [0.4, 0.5) is 4.39 Å². The summed E-state index contributed by atoms with van der Waals surface area (Å²) in [5.41, 5.74) is 0.946. The Morgan fingerprint density at radius 2 is 2.12 bits per heavy atom. The summed E-state index contributed by atoms with van der Waals surface area (Å²) in [5.74, 6) is -0.0470. The molecule has 1 unspecified atom stereocenters. The number of benzene rings is 1. The largest absolute Gasteiger partial charge is 0.379 e. The summed E-state index contributed by atoms with van der Waals surface area (Å²) >= 11 is 0. The maximum absolute atomic E-state index is 14.0. The Morgan fingerprint density at radius 3 is 2.96 bits per heavy atom. The molecule has 0 spiro atoms. The average molecular weight is 357 g/mol. The normalized spacial score (nSPS) is 21.9. The molecule has 1 atom stereocenters. The second kappa shape index (κ2) is 7.68. The van der Waals surface area contributed by atoms with E-state index in [1.54, 1.807) is 18.3 Å². The molecule has 0 aliphatic carbocycles. The van der Waals surface area contributed by atoms with Crippen molar-refractivity contribution in [2.45, 2.75) is 12.8 Å². The molecule has 4 rings (SSSR count). The predicted molar refractivity (Wildman–Crippen MR) is 97.6 cm³/mol. The van der Waals surface area contributed by atoms with Crippen LogP contribution in [0, 0.1) is 11.7 Å². The number of halogens is 1. The van der Waals surface area contributed by atoms with Crippen molar-refractivity contribution in [2.75, 3.05) is 45.9 Å². The minimum absolute atomic E-state index is 0.111. The van der Waals surface area contributed by atoms with E-state index in [0.717, 1.165) is 58.8 Å². The van der Waals surface area contributed by atoms with Crippen molar-refractivity contribution in [2.24, 2.45) is 5.92 Å². The molecule has 6 heteroatoms. The topological polar surface area (TPSA) is 45.7 Å². The molecular formula is C20H24FN3O2. The fraction of sp³-hybridized carbons (Fsp3) is 0.500. The minimum atomic E-state index is -0.393. The molecule has 0 saturated carbocycles. The van der Waals surface area contributed by atoms with Crippen LogP contribution in [0.2, 0.25) is 0 Å². The number of carbonyl (C=O) groups is 1. The van der Waals surface area contributed by atoms with Crippen LogP contribution in [0.3, 0.4) is 0 Å². The number of carbonyl (C=O) groups excluding carboxylic acids is 1. The fourth-order valence-electron chi connectivity index (χ4n) is 4.04. The number of morpholine rings is 1. The van der Waals surface area contributed by atoms with Gasteiger partial charge in [0.05, 0.1) is 24.3 Å². The molecule has 2 aromatic rings. The van der Waals surface area contributed by atoms with E-state index in [1.807, 2.05) is 4.90 Å². The van der Waals surface area contributed by atoms with E-state index in [1.165, 1.54) is 12.1 Å². The van der Waals surface area contributed by atoms with Crippen LogP contribution in [-0.2, 0) is 4.74 Å². The van der Waals surface area contributed by atoms with Crippen LogP contribution in [0.25, 0.3) is 10.9 Å². The van der Waals surface area contributed by atoms with Gasteiger partial charge in [0.2, 0.25) is 0 Å². The number of nitrogens with zero attached hydrogens (tertiary/aromatic N) is 3. The smallest absolute Gasteiger partial charge is 0.256 e. The first-order chi connectivity index (χ1) is 12.7. The number of pyridine rings is 1. The summed E-state index contributed by atoms with van der Waals surface area (Å²) in [6.07, 6.45) is 3.76. The van der Waals surface area contributed by atoms with Crippen LogP contribution in [0.5, 0.6) is 0 Å². The third-order valence-electron chi connectivity index (χ3n) is 5.33. The molecule has 26 heavy (non-hydrogen) atoms. The highest BCUT2D eigenvalue weighted by Crippen LogP contribution is 2.24. The Morgan fingerprint density at radius 1 is 1.27 bits per heavy atom. The van der Waals surface area contributed by atoms with E-state index in [0.29, 0.717) is 22.4 Å². The van der Waals surface area contributed by atoms with Crippen molar-refractivity contribution in [1.29, 1.82) is 0 Å². The number of aromatic nitrogens is 1. The Balaban J connectivity index is 1.51. The van der Waals surface area contributed by atoms with Gasteiger partial charge in [0, 0.05) is 44.3 Å². The zero-order valence-electron chi connectivity index (χ0n) is 14.9. The second-order valence-electron chi connectivity index (χ2n) is 7.20. The SMILES string of the molecule is O=C(c1cc(F)cc2cccnc12)N1CCCC(CN2CCOCC2)C1. The maximum Gasteiger partial charge on any atom is 0.256 e. The van der Waals surface area contributed by atoms with Gasteiger partial charge in [-0.25, -0.2) is 4.39 Å². The lowest BCUT2D eigenvalue weighted by molar-refractivity contribution is 0.0224. The molecule has 2 saturated heterocycles. The summed E-state index contributed by atoms with van der Waals surface area (Å²) in [7, 11) is 0. The number of amides is 1. The minimum Gasteiger partial charge on any atom is -0.379 e. The van der Waals surface area contributed by atoms with Crippen LogP contribution in [0.15, 0.2) is 30.5 Å². The molecule has 2 fully saturated rings. The zero-order valence-corrected chi connectivity index (χ0v) is 14.9. The molecule has 138 valence electrons. The molecule has 1 aromatic carbocycles. The van der Waals surface area contributed by atoms with Gasteiger partial charge < -0.3 is 9.64 Å². The number of hydrogen-bond acceptors (Lipinski definition) is 4. The predicted octanol–water partition coefficient (Wildman–Crippen LogP) is 2.56. The van der Waals surface area contributed by atoms with Crippen molar-refractivity contribution in [3.05, 3.63) is 41.8 Å². The average Bonchev–Trinajstić information content (AvgIpc) is 2.68. The Bertz CT molecular complexity index is 792. The highest BCUT2D eigenvalue weighted by Gasteiger charge is 2.27. The van der Waals surface area contributed by atoms with Crippen molar-refractivity contribution in [1.82, 2.24) is 14.8 Å².